The van der Waals surface area contributed by atoms with E-state index in [1.165, 1.54) is 0 Å². The summed E-state index contributed by atoms with van der Waals surface area (Å²) in [6.45, 7) is 16.9. The molecule has 112 heavy (non-hydrogen) atoms. The third kappa shape index (κ3) is 13.0. The Hall–Kier alpha value is -13.5. The van der Waals surface area contributed by atoms with Crippen molar-refractivity contribution in [3.63, 3.8) is 0 Å². The molecule has 0 radical (unpaired) electrons. The van der Waals surface area contributed by atoms with Gasteiger partial charge in [-0.3, -0.25) is 40.5 Å². The molecule has 0 fully saturated rings. The number of benzene rings is 13. The minimum absolute atomic E-state index is 0.00642. The van der Waals surface area contributed by atoms with E-state index < -0.39 is 21.7 Å². The van der Waals surface area contributed by atoms with E-state index >= 15 is 0 Å². The number of non-ortho nitro benzene ring substituents is 4. The van der Waals surface area contributed by atoms with Gasteiger partial charge in [-0.1, -0.05) is 202 Å². The monoisotopic (exact) mass is 1470 g/mol. The number of aryl methyl sites for hydroxylation is 1. The van der Waals surface area contributed by atoms with Crippen molar-refractivity contribution in [1.82, 2.24) is 0 Å². The Labute approximate surface area is 649 Å². The molecule has 15 nitrogen and oxygen atoms in total. The third-order valence-electron chi connectivity index (χ3n) is 23.9. The van der Waals surface area contributed by atoms with Crippen molar-refractivity contribution < 1.29 is 24.3 Å². The van der Waals surface area contributed by atoms with Crippen LogP contribution in [0.3, 0.4) is 0 Å². The molecule has 4 unspecified atom stereocenters. The molecule has 0 aliphatic carbocycles. The minimum Gasteiger partial charge on any atom is -0.339 e. The zero-order valence-electron chi connectivity index (χ0n) is 63.2. The molecule has 13 aromatic carbocycles. The topological polar surface area (TPSA) is 182 Å². The molecule has 4 atom stereocenters. The van der Waals surface area contributed by atoms with Gasteiger partial charge in [0.05, 0.1) is 25.1 Å². The molecule has 0 bridgehead atoms. The summed E-state index contributed by atoms with van der Waals surface area (Å²) in [6.07, 6.45) is 15.4. The highest BCUT2D eigenvalue weighted by atomic mass is 16.6. The second-order valence-corrected chi connectivity index (χ2v) is 31.0. The predicted octanol–water partition coefficient (Wildman–Crippen LogP) is 22.8. The number of nitro groups is 4. The van der Waals surface area contributed by atoms with Crippen LogP contribution in [0.5, 0.6) is 0 Å². The van der Waals surface area contributed by atoms with Crippen LogP contribution >= 0.6 is 0 Å². The molecule has 0 spiro atoms. The molecule has 0 amide bonds. The number of anilines is 2. The Bertz CT molecular complexity index is 6220. The fourth-order valence-electron chi connectivity index (χ4n) is 18.6. The molecule has 3 aliphatic heterocycles. The highest BCUT2D eigenvalue weighted by Gasteiger charge is 2.50. The molecule has 13 aromatic rings. The van der Waals surface area contributed by atoms with E-state index in [2.05, 4.69) is 226 Å². The van der Waals surface area contributed by atoms with Gasteiger partial charge in [-0.2, -0.15) is 4.58 Å². The number of hydrogen-bond donors (Lipinski definition) is 0. The number of hydrogen-bond acceptors (Lipinski definition) is 10. The van der Waals surface area contributed by atoms with Crippen LogP contribution in [0.25, 0.3) is 43.1 Å². The maximum absolute atomic E-state index is 12.8. The average molecular weight is 1470 g/mol. The van der Waals surface area contributed by atoms with Gasteiger partial charge in [-0.15, -0.1) is 0 Å². The summed E-state index contributed by atoms with van der Waals surface area (Å²) < 4.78 is 2.25. The number of fused-ring (bicyclic) bond motifs is 10. The van der Waals surface area contributed by atoms with Gasteiger partial charge in [0.2, 0.25) is 5.69 Å². The van der Waals surface area contributed by atoms with Crippen molar-refractivity contribution >= 4 is 88.6 Å². The summed E-state index contributed by atoms with van der Waals surface area (Å²) in [6, 6.07) is 87.3. The van der Waals surface area contributed by atoms with Gasteiger partial charge >= 0.3 is 0 Å². The second-order valence-electron chi connectivity index (χ2n) is 31.0. The van der Waals surface area contributed by atoms with Crippen LogP contribution in [-0.2, 0) is 60.4 Å². The maximum Gasteiger partial charge on any atom is 0.270 e. The lowest BCUT2D eigenvalue weighted by Gasteiger charge is -2.34. The number of allylic oxidation sites excluding steroid dienone is 9. The lowest BCUT2D eigenvalue weighted by molar-refractivity contribution is -0.401. The lowest BCUT2D eigenvalue weighted by atomic mass is 9.69. The zero-order chi connectivity index (χ0) is 78.0. The van der Waals surface area contributed by atoms with Crippen molar-refractivity contribution in [3.05, 3.63) is 429 Å². The molecule has 3 heterocycles. The normalized spacial score (nSPS) is 18.5. The summed E-state index contributed by atoms with van der Waals surface area (Å²) in [5.41, 5.74) is 15.8. The smallest absolute Gasteiger partial charge is 0.270 e. The van der Waals surface area contributed by atoms with Crippen LogP contribution in [0.2, 0.25) is 0 Å². The Balaban J connectivity index is 0.813. The molecular weight excluding hydrogens is 1390 g/mol. The van der Waals surface area contributed by atoms with Gasteiger partial charge in [-0.25, -0.2) is 0 Å². The van der Waals surface area contributed by atoms with Crippen molar-refractivity contribution in [3.8, 4) is 0 Å². The van der Waals surface area contributed by atoms with Crippen LogP contribution in [-0.4, -0.2) is 37.0 Å². The quantitative estimate of drug-likeness (QED) is 0.0274. The zero-order valence-corrected chi connectivity index (χ0v) is 63.2. The number of nitrogens with zero attached hydrogens (tertiary/aromatic N) is 7. The number of nitro benzene ring substituents is 4. The average Bonchev–Trinajstić information content (AvgIpc) is 1.56. The van der Waals surface area contributed by atoms with Crippen molar-refractivity contribution in [2.45, 2.75) is 95.1 Å². The Kier molecular flexibility index (Phi) is 18.7. The van der Waals surface area contributed by atoms with Gasteiger partial charge in [0.25, 0.3) is 22.7 Å². The first-order chi connectivity index (χ1) is 54.0. The third-order valence-corrected chi connectivity index (χ3v) is 23.9. The van der Waals surface area contributed by atoms with E-state index in [4.69, 9.17) is 6.58 Å². The highest BCUT2D eigenvalue weighted by Crippen LogP contribution is 2.57. The first kappa shape index (κ1) is 72.7. The van der Waals surface area contributed by atoms with Gasteiger partial charge < -0.3 is 9.80 Å². The van der Waals surface area contributed by atoms with E-state index in [9.17, 15) is 40.5 Å². The van der Waals surface area contributed by atoms with E-state index in [1.807, 2.05) is 84.9 Å². The summed E-state index contributed by atoms with van der Waals surface area (Å²) >= 11 is 0. The molecule has 0 saturated carbocycles. The fraction of sp³-hybridized carbons (Fsp3) is 0.165. The van der Waals surface area contributed by atoms with E-state index in [1.54, 1.807) is 48.5 Å². The molecular formula is C97H82N7O8+. The first-order valence-electron chi connectivity index (χ1n) is 37.7. The van der Waals surface area contributed by atoms with Gasteiger partial charge in [0, 0.05) is 118 Å². The van der Waals surface area contributed by atoms with Gasteiger partial charge in [-0.05, 0) is 212 Å². The van der Waals surface area contributed by atoms with Crippen LogP contribution in [0.15, 0.2) is 327 Å². The second kappa shape index (κ2) is 28.8. The largest absolute Gasteiger partial charge is 0.339 e. The van der Waals surface area contributed by atoms with Crippen molar-refractivity contribution in [2.75, 3.05) is 16.8 Å². The van der Waals surface area contributed by atoms with E-state index in [-0.39, 0.29) is 42.4 Å². The number of rotatable bonds is 22. The highest BCUT2D eigenvalue weighted by molar-refractivity contribution is 6.09. The van der Waals surface area contributed by atoms with E-state index in [0.29, 0.717) is 38.8 Å². The SMILES string of the molecule is C=C(/C=C/C=C1/N(Cc2ccc(CN3/C(=C/C=C/C4=[N+](C)c5ccc6cc([N+](=O)[O-])ccc6c5C4(C)Cc4ccccc4)C(C)(Cc4ccccc4)c4c3ccc3ccc([N+](=O)[O-])cc43)cc2)c2ccc3cc([N+](=O)[O-])ccc3c2C1(C)Cc1ccccc1)C(C)(Cc1ccccc1)c1c(C)ccc2cc([N+](=O)[O-])ccc12. The van der Waals surface area contributed by atoms with Crippen LogP contribution in [0.4, 0.5) is 39.8 Å². The van der Waals surface area contributed by atoms with Crippen molar-refractivity contribution in [1.29, 1.82) is 0 Å². The standard InChI is InChI=1S/C97H82N7O8/c1-64-34-39-73-54-76(101(105)106)45-48-80(73)90(64)94(3,58-66-23-12-8-13-24-66)65(2)22-20-32-88-96(5,60-68-27-16-10-17-28-68)92-82-50-47-78(103(109)110)56-75(82)43-53-85(92)99(88)62-70-35-37-71(38-36-70)63-100-86-52-41-72-40-44-79(104(111)112)57-83(72)93(86)97(6,61-69-29-18-11-19-30-69)89(100)33-21-31-87-95(4,59-67-25-14-9-15-26-67)91-81-49-46-77(102(107)108)55-74(81)42-51-84(91)98(87)7/h8-57H,2,58-63H2,1,3-7H3/q+1/b22-20+,88-32+. The summed E-state index contributed by atoms with van der Waals surface area (Å²) in [7, 11) is 2.09. The minimum atomic E-state index is -0.752. The predicted molar refractivity (Wildman–Crippen MR) is 450 cm³/mol. The van der Waals surface area contributed by atoms with E-state index in [0.717, 1.165) is 144 Å². The van der Waals surface area contributed by atoms with Crippen LogP contribution in [0, 0.1) is 47.4 Å². The molecule has 16 rings (SSSR count). The Morgan fingerprint density at radius 1 is 0.429 bits per heavy atom. The molecule has 0 N–H and O–H groups in total. The van der Waals surface area contributed by atoms with Gasteiger partial charge in [0.1, 0.15) is 7.05 Å². The molecule has 15 heteroatoms. The molecule has 552 valence electrons. The molecule has 0 aromatic heterocycles. The van der Waals surface area contributed by atoms with Gasteiger partial charge in [0.15, 0.2) is 5.71 Å². The maximum atomic E-state index is 12.8. The molecule has 0 saturated heterocycles. The Morgan fingerprint density at radius 2 is 0.821 bits per heavy atom. The lowest BCUT2D eigenvalue weighted by Crippen LogP contribution is -2.33. The summed E-state index contributed by atoms with van der Waals surface area (Å²) in [5.74, 6) is 0. The molecule has 3 aliphatic rings. The fourth-order valence-corrected chi connectivity index (χ4v) is 18.6. The van der Waals surface area contributed by atoms with Crippen LogP contribution in [0.1, 0.15) is 88.9 Å². The first-order valence-corrected chi connectivity index (χ1v) is 37.7. The summed E-state index contributed by atoms with van der Waals surface area (Å²) in [4.78, 5) is 52.9. The summed E-state index contributed by atoms with van der Waals surface area (Å²) in [5, 5.41) is 56.3. The van der Waals surface area contributed by atoms with Crippen LogP contribution < -0.4 is 9.80 Å². The Morgan fingerprint density at radius 3 is 1.32 bits per heavy atom. The van der Waals surface area contributed by atoms with Crippen molar-refractivity contribution in [2.24, 2.45) is 0 Å².